The third-order valence-electron chi connectivity index (χ3n) is 4.41. The zero-order valence-corrected chi connectivity index (χ0v) is 19.1. The first-order valence-corrected chi connectivity index (χ1v) is 11.7. The van der Waals surface area contributed by atoms with Crippen molar-refractivity contribution in [2.75, 3.05) is 21.1 Å². The molecule has 3 rings (SSSR count). The quantitative estimate of drug-likeness (QED) is 0.331. The highest BCUT2D eigenvalue weighted by Crippen LogP contribution is 2.34. The van der Waals surface area contributed by atoms with Gasteiger partial charge in [-0.3, -0.25) is 4.72 Å². The van der Waals surface area contributed by atoms with Crippen molar-refractivity contribution in [2.24, 2.45) is 0 Å². The number of ether oxygens (including phenoxy) is 1. The molecule has 36 heavy (non-hydrogen) atoms. The summed E-state index contributed by atoms with van der Waals surface area (Å²) in [7, 11) is -3.69. The Morgan fingerprint density at radius 2 is 1.67 bits per heavy atom. The second-order valence-electron chi connectivity index (χ2n) is 7.02. The molecule has 3 aromatic rings. The molecule has 9 nitrogen and oxygen atoms in total. The molecule has 0 aliphatic heterocycles. The van der Waals surface area contributed by atoms with Gasteiger partial charge < -0.3 is 15.4 Å². The lowest BCUT2D eigenvalue weighted by Gasteiger charge is -2.16. The predicted octanol–water partition coefficient (Wildman–Crippen LogP) is 4.91. The molecule has 0 aliphatic rings. The number of benzene rings is 1. The van der Waals surface area contributed by atoms with Crippen LogP contribution in [0.5, 0.6) is 5.75 Å². The topological polar surface area (TPSA) is 118 Å². The van der Waals surface area contributed by atoms with Crippen LogP contribution in [0.4, 0.5) is 49.6 Å². The van der Waals surface area contributed by atoms with Gasteiger partial charge in [0.1, 0.15) is 22.9 Å². The number of halogens is 6. The molecule has 0 unspecified atom stereocenters. The van der Waals surface area contributed by atoms with Gasteiger partial charge >= 0.3 is 12.5 Å². The summed E-state index contributed by atoms with van der Waals surface area (Å²) < 4.78 is 107. The minimum Gasteiger partial charge on any atom is -0.406 e. The first kappa shape index (κ1) is 26.8. The van der Waals surface area contributed by atoms with Crippen molar-refractivity contribution >= 4 is 33.3 Å². The van der Waals surface area contributed by atoms with E-state index in [-0.39, 0.29) is 35.3 Å². The number of nitrogens with zero attached hydrogens (tertiary/aromatic N) is 3. The van der Waals surface area contributed by atoms with E-state index in [0.717, 1.165) is 12.1 Å². The Bertz CT molecular complexity index is 1300. The first-order chi connectivity index (χ1) is 16.8. The molecule has 0 bridgehead atoms. The molecule has 0 saturated carbocycles. The Kier molecular flexibility index (Phi) is 7.76. The van der Waals surface area contributed by atoms with Crippen LogP contribution in [0.2, 0.25) is 0 Å². The summed E-state index contributed by atoms with van der Waals surface area (Å²) >= 11 is 0. The molecule has 16 heteroatoms. The fourth-order valence-corrected chi connectivity index (χ4v) is 3.35. The van der Waals surface area contributed by atoms with Crippen molar-refractivity contribution in [1.82, 2.24) is 15.0 Å². The zero-order chi connectivity index (χ0) is 26.6. The molecule has 0 saturated heterocycles. The van der Waals surface area contributed by atoms with Crippen molar-refractivity contribution in [3.8, 4) is 5.75 Å². The van der Waals surface area contributed by atoms with E-state index < -0.39 is 39.7 Å². The van der Waals surface area contributed by atoms with E-state index in [2.05, 4.69) is 35.0 Å². The van der Waals surface area contributed by atoms with Crippen LogP contribution in [0.25, 0.3) is 0 Å². The number of alkyl halides is 6. The van der Waals surface area contributed by atoms with Crippen LogP contribution in [-0.4, -0.2) is 35.5 Å². The number of rotatable bonds is 9. The number of anilines is 4. The Labute approximate surface area is 201 Å². The van der Waals surface area contributed by atoms with Crippen LogP contribution in [0.3, 0.4) is 0 Å². The summed E-state index contributed by atoms with van der Waals surface area (Å²) in [5.74, 6) is -1.69. The first-order valence-electron chi connectivity index (χ1n) is 10.0. The van der Waals surface area contributed by atoms with Gasteiger partial charge in [0.25, 0.3) is 0 Å². The molecule has 0 spiro atoms. The van der Waals surface area contributed by atoms with Crippen molar-refractivity contribution in [3.05, 3.63) is 59.9 Å². The third-order valence-corrected chi connectivity index (χ3v) is 5.67. The fourth-order valence-electron chi connectivity index (χ4n) is 2.72. The zero-order valence-electron chi connectivity index (χ0n) is 18.3. The normalized spacial score (nSPS) is 12.2. The lowest BCUT2D eigenvalue weighted by Crippen LogP contribution is -2.18. The van der Waals surface area contributed by atoms with Crippen molar-refractivity contribution in [3.63, 3.8) is 0 Å². The molecule has 194 valence electrons. The number of aromatic nitrogens is 3. The molecule has 1 aromatic carbocycles. The van der Waals surface area contributed by atoms with Crippen LogP contribution < -0.4 is 20.1 Å². The van der Waals surface area contributed by atoms with Gasteiger partial charge in [-0.2, -0.15) is 18.2 Å². The lowest BCUT2D eigenvalue weighted by atomic mass is 10.2. The number of sulfonamides is 1. The second-order valence-corrected chi connectivity index (χ2v) is 9.03. The van der Waals surface area contributed by atoms with E-state index in [4.69, 9.17) is 0 Å². The van der Waals surface area contributed by atoms with Crippen molar-refractivity contribution in [2.45, 2.75) is 26.0 Å². The molecule has 3 N–H and O–H groups in total. The highest BCUT2D eigenvalue weighted by Gasteiger charge is 2.35. The van der Waals surface area contributed by atoms with E-state index in [9.17, 15) is 34.8 Å². The van der Waals surface area contributed by atoms with Crippen LogP contribution >= 0.6 is 0 Å². The van der Waals surface area contributed by atoms with E-state index in [1.807, 2.05) is 0 Å². The number of hydrogen-bond acceptors (Lipinski definition) is 8. The smallest absolute Gasteiger partial charge is 0.406 e. The van der Waals surface area contributed by atoms with E-state index >= 15 is 0 Å². The van der Waals surface area contributed by atoms with Crippen LogP contribution in [-0.2, 0) is 22.7 Å². The van der Waals surface area contributed by atoms with Gasteiger partial charge in [0, 0.05) is 30.2 Å². The van der Waals surface area contributed by atoms with E-state index in [1.54, 1.807) is 0 Å². The summed E-state index contributed by atoms with van der Waals surface area (Å²) in [6.45, 7) is 1.13. The van der Waals surface area contributed by atoms with Crippen molar-refractivity contribution in [1.29, 1.82) is 0 Å². The minimum atomic E-state index is -4.88. The lowest BCUT2D eigenvalue weighted by molar-refractivity contribution is -0.274. The van der Waals surface area contributed by atoms with Gasteiger partial charge in [-0.15, -0.1) is 13.2 Å². The van der Waals surface area contributed by atoms with Crippen LogP contribution in [0, 0.1) is 0 Å². The minimum absolute atomic E-state index is 0.0611. The number of pyridine rings is 1. The molecule has 0 atom stereocenters. The molecule has 0 aliphatic carbocycles. The fraction of sp³-hybridized carbons (Fsp3) is 0.250. The summed E-state index contributed by atoms with van der Waals surface area (Å²) in [4.78, 5) is 11.4. The molecule has 0 amide bonds. The van der Waals surface area contributed by atoms with Gasteiger partial charge in [0.2, 0.25) is 16.0 Å². The monoisotopic (exact) mass is 536 g/mol. The molecule has 0 radical (unpaired) electrons. The largest absolute Gasteiger partial charge is 0.573 e. The van der Waals surface area contributed by atoms with E-state index in [0.29, 0.717) is 6.20 Å². The van der Waals surface area contributed by atoms with Gasteiger partial charge in [-0.1, -0.05) is 6.07 Å². The van der Waals surface area contributed by atoms with Gasteiger partial charge in [0.15, 0.2) is 0 Å². The highest BCUT2D eigenvalue weighted by atomic mass is 32.2. The maximum Gasteiger partial charge on any atom is 0.573 e. The van der Waals surface area contributed by atoms with Gasteiger partial charge in [-0.05, 0) is 37.3 Å². The molecular weight excluding hydrogens is 518 g/mol. The maximum absolute atomic E-state index is 13.5. The Morgan fingerprint density at radius 1 is 0.972 bits per heavy atom. The molecule has 2 aromatic heterocycles. The standard InChI is InChI=1S/C20H18F6N6O3S/c1-2-36(33,34)32-16-12(4-3-9-27-16)10-28-17-15(19(21,22)23)11-29-18(31-17)30-13-5-7-14(8-6-13)35-20(24,25)26/h3-9,11H,2,10H2,1H3,(H,27,32)(H2,28,29,30,31). The predicted molar refractivity (Wildman–Crippen MR) is 118 cm³/mol. The highest BCUT2D eigenvalue weighted by molar-refractivity contribution is 7.92. The average molecular weight is 536 g/mol. The number of hydrogen-bond donors (Lipinski definition) is 3. The van der Waals surface area contributed by atoms with E-state index in [1.165, 1.54) is 37.4 Å². The second kappa shape index (κ2) is 10.4. The Balaban J connectivity index is 1.83. The summed E-state index contributed by atoms with van der Waals surface area (Å²) in [6.07, 6.45) is -7.85. The molecule has 2 heterocycles. The Morgan fingerprint density at radius 3 is 2.28 bits per heavy atom. The number of nitrogens with one attached hydrogen (secondary N) is 3. The summed E-state index contributed by atoms with van der Waals surface area (Å²) in [5, 5.41) is 5.10. The van der Waals surface area contributed by atoms with Gasteiger partial charge in [-0.25, -0.2) is 18.4 Å². The average Bonchev–Trinajstić information content (AvgIpc) is 2.78. The van der Waals surface area contributed by atoms with Crippen LogP contribution in [0.1, 0.15) is 18.1 Å². The van der Waals surface area contributed by atoms with Crippen LogP contribution in [0.15, 0.2) is 48.8 Å². The SMILES string of the molecule is CCS(=O)(=O)Nc1ncccc1CNc1nc(Nc2ccc(OC(F)(F)F)cc2)ncc1C(F)(F)F. The van der Waals surface area contributed by atoms with Crippen molar-refractivity contribution < 1.29 is 39.5 Å². The third kappa shape index (κ3) is 7.59. The van der Waals surface area contributed by atoms with Gasteiger partial charge in [0.05, 0.1) is 5.75 Å². The summed E-state index contributed by atoms with van der Waals surface area (Å²) in [5.41, 5.74) is -0.767. The Hall–Kier alpha value is -3.82. The maximum atomic E-state index is 13.5. The molecule has 0 fully saturated rings. The molecular formula is C20H18F6N6O3S. The summed E-state index contributed by atoms with van der Waals surface area (Å²) in [6, 6.07) is 7.32.